The summed E-state index contributed by atoms with van der Waals surface area (Å²) >= 11 is 10.2. The van der Waals surface area contributed by atoms with Gasteiger partial charge in [0.1, 0.15) is 0 Å². The monoisotopic (exact) mass is 310 g/mol. The Balaban J connectivity index is 3.17. The van der Waals surface area contributed by atoms with Crippen LogP contribution in [-0.2, 0) is 0 Å². The fourth-order valence-electron chi connectivity index (χ4n) is 0.512. The first-order valence-corrected chi connectivity index (χ1v) is 5.22. The molecule has 1 aromatic rings. The molecule has 0 heterocycles. The van der Waals surface area contributed by atoms with Crippen molar-refractivity contribution in [1.82, 2.24) is 0 Å². The van der Waals surface area contributed by atoms with Crippen molar-refractivity contribution >= 4 is 53.6 Å². The van der Waals surface area contributed by atoms with Gasteiger partial charge in [-0.1, -0.05) is 0 Å². The molecule has 0 aromatic heterocycles. The molecule has 2 radical (unpaired) electrons. The van der Waals surface area contributed by atoms with Crippen LogP contribution in [0.3, 0.4) is 0 Å². The molecule has 0 amide bonds. The zero-order valence-corrected chi connectivity index (χ0v) is 10.2. The molecule has 0 saturated heterocycles. The molecule has 0 N–H and O–H groups in total. The van der Waals surface area contributed by atoms with Crippen LogP contribution in [0, 0.1) is 0 Å². The quantitative estimate of drug-likeness (QED) is 0.639. The first-order chi connectivity index (χ1) is 4.20. The average Bonchev–Trinajstić information content (AvgIpc) is 1.80. The van der Waals surface area contributed by atoms with E-state index in [2.05, 4.69) is 22.0 Å². The summed E-state index contributed by atoms with van der Waals surface area (Å²) in [4.78, 5) is 0. The summed E-state index contributed by atoms with van der Waals surface area (Å²) in [6, 6.07) is 6.02. The Morgan fingerprint density at radius 2 is 2.11 bits per heavy atom. The topological polar surface area (TPSA) is 0 Å². The van der Waals surface area contributed by atoms with Gasteiger partial charge in [-0.2, -0.15) is 0 Å². The van der Waals surface area contributed by atoms with E-state index < -0.39 is 0 Å². The van der Waals surface area contributed by atoms with Crippen LogP contribution < -0.4 is 3.58 Å². The molecular formula is C6H4BrClSn. The molecule has 0 nitrogen and oxygen atoms in total. The molecule has 0 aliphatic heterocycles. The third-order valence-corrected chi connectivity index (χ3v) is 3.20. The Morgan fingerprint density at radius 3 is 2.56 bits per heavy atom. The van der Waals surface area contributed by atoms with Crippen molar-refractivity contribution in [2.75, 3.05) is 0 Å². The predicted octanol–water partition coefficient (Wildman–Crippen LogP) is 1.63. The van der Waals surface area contributed by atoms with E-state index in [1.54, 1.807) is 0 Å². The third kappa shape index (κ3) is 2.13. The maximum absolute atomic E-state index is 5.79. The van der Waals surface area contributed by atoms with E-state index in [4.69, 9.17) is 11.6 Å². The van der Waals surface area contributed by atoms with Crippen molar-refractivity contribution in [2.45, 2.75) is 0 Å². The fraction of sp³-hybridized carbons (Fsp3) is 0. The second kappa shape index (κ2) is 3.26. The second-order valence-electron chi connectivity index (χ2n) is 1.67. The van der Waals surface area contributed by atoms with Gasteiger partial charge >= 0.3 is 81.3 Å². The van der Waals surface area contributed by atoms with Gasteiger partial charge in [0.15, 0.2) is 0 Å². The molecule has 0 spiro atoms. The fourth-order valence-corrected chi connectivity index (χ4v) is 2.00. The SMILES string of the molecule is Clc1c[c]([SnH])ccc1Br. The Bertz CT molecular complexity index is 224. The van der Waals surface area contributed by atoms with Gasteiger partial charge in [0.25, 0.3) is 0 Å². The Labute approximate surface area is 80.8 Å². The summed E-state index contributed by atoms with van der Waals surface area (Å²) in [5.41, 5.74) is 0. The first kappa shape index (κ1) is 7.89. The van der Waals surface area contributed by atoms with Crippen LogP contribution in [0.25, 0.3) is 0 Å². The second-order valence-corrected chi connectivity index (χ2v) is 4.84. The standard InChI is InChI=1S/C6H3BrCl.Sn.H/c7-5-3-1-2-4-6(5)8;;/h1,3-4H;;. The summed E-state index contributed by atoms with van der Waals surface area (Å²) < 4.78 is 2.29. The van der Waals surface area contributed by atoms with E-state index in [1.807, 2.05) is 12.1 Å². The van der Waals surface area contributed by atoms with Crippen molar-refractivity contribution in [3.63, 3.8) is 0 Å². The number of rotatable bonds is 0. The summed E-state index contributed by atoms with van der Waals surface area (Å²) in [6.07, 6.45) is 0. The molecule has 0 unspecified atom stereocenters. The normalized spacial score (nSPS) is 9.67. The predicted molar refractivity (Wildman–Crippen MR) is 45.9 cm³/mol. The summed E-state index contributed by atoms with van der Waals surface area (Å²) in [6.45, 7) is 0. The third-order valence-electron chi connectivity index (χ3n) is 0.944. The average molecular weight is 310 g/mol. The summed E-state index contributed by atoms with van der Waals surface area (Å²) in [5.74, 6) is 0. The van der Waals surface area contributed by atoms with Crippen molar-refractivity contribution in [3.05, 3.63) is 27.7 Å². The number of hydrogen-bond donors (Lipinski definition) is 0. The summed E-state index contributed by atoms with van der Waals surface area (Å²) in [5, 5.41) is 0.806. The first-order valence-electron chi connectivity index (χ1n) is 2.40. The van der Waals surface area contributed by atoms with Gasteiger partial charge in [0, 0.05) is 0 Å². The van der Waals surface area contributed by atoms with Gasteiger partial charge in [-0.05, 0) is 0 Å². The summed E-state index contributed by atoms with van der Waals surface area (Å²) in [7, 11) is 0. The van der Waals surface area contributed by atoms with Gasteiger partial charge < -0.3 is 0 Å². The van der Waals surface area contributed by atoms with Crippen molar-refractivity contribution in [3.8, 4) is 0 Å². The van der Waals surface area contributed by atoms with Crippen LogP contribution in [-0.4, -0.2) is 22.5 Å². The van der Waals surface area contributed by atoms with E-state index in [1.165, 1.54) is 3.58 Å². The minimum atomic E-state index is 0.806. The number of benzene rings is 1. The van der Waals surface area contributed by atoms with Crippen LogP contribution >= 0.6 is 27.5 Å². The zero-order valence-electron chi connectivity index (χ0n) is 4.57. The molecule has 0 aliphatic rings. The number of halogens is 2. The van der Waals surface area contributed by atoms with E-state index in [0.29, 0.717) is 0 Å². The number of hydrogen-bond acceptors (Lipinski definition) is 0. The van der Waals surface area contributed by atoms with Crippen molar-refractivity contribution < 1.29 is 0 Å². The van der Waals surface area contributed by atoms with Gasteiger partial charge in [-0.25, -0.2) is 0 Å². The molecule has 0 fully saturated rings. The van der Waals surface area contributed by atoms with Crippen LogP contribution in [0.15, 0.2) is 22.7 Å². The Hall–Kier alpha value is 0.789. The molecule has 0 saturated carbocycles. The minimum absolute atomic E-state index is 0.806. The van der Waals surface area contributed by atoms with Gasteiger partial charge in [0.05, 0.1) is 0 Å². The molecule has 46 valence electrons. The molecule has 9 heavy (non-hydrogen) atoms. The Kier molecular flexibility index (Phi) is 2.86. The molecule has 1 rings (SSSR count). The van der Waals surface area contributed by atoms with Crippen molar-refractivity contribution in [2.24, 2.45) is 0 Å². The van der Waals surface area contributed by atoms with Crippen LogP contribution in [0.4, 0.5) is 0 Å². The zero-order chi connectivity index (χ0) is 6.85. The van der Waals surface area contributed by atoms with Crippen LogP contribution in [0.1, 0.15) is 0 Å². The van der Waals surface area contributed by atoms with E-state index >= 15 is 0 Å². The van der Waals surface area contributed by atoms with Crippen molar-refractivity contribution in [1.29, 1.82) is 0 Å². The maximum atomic E-state index is 5.79. The van der Waals surface area contributed by atoms with E-state index in [9.17, 15) is 0 Å². The van der Waals surface area contributed by atoms with Gasteiger partial charge in [-0.3, -0.25) is 0 Å². The van der Waals surface area contributed by atoms with Gasteiger partial charge in [-0.15, -0.1) is 0 Å². The van der Waals surface area contributed by atoms with Gasteiger partial charge in [0.2, 0.25) is 0 Å². The van der Waals surface area contributed by atoms with Crippen LogP contribution in [0.2, 0.25) is 5.02 Å². The van der Waals surface area contributed by atoms with Crippen LogP contribution in [0.5, 0.6) is 0 Å². The molecule has 0 bridgehead atoms. The Morgan fingerprint density at radius 1 is 1.44 bits per heavy atom. The van der Waals surface area contributed by atoms with E-state index in [-0.39, 0.29) is 0 Å². The molecular weight excluding hydrogens is 306 g/mol. The molecule has 3 heteroatoms. The van der Waals surface area contributed by atoms with E-state index in [0.717, 1.165) is 32.0 Å². The molecule has 0 atom stereocenters. The molecule has 0 aliphatic carbocycles. The molecule has 1 aromatic carbocycles.